The highest BCUT2D eigenvalue weighted by molar-refractivity contribution is 6.10. The van der Waals surface area contributed by atoms with Crippen molar-refractivity contribution in [1.29, 1.82) is 0 Å². The molecule has 4 nitrogen and oxygen atoms in total. The van der Waals surface area contributed by atoms with Crippen LogP contribution in [0.4, 0.5) is 5.69 Å². The van der Waals surface area contributed by atoms with Crippen LogP contribution in [0.3, 0.4) is 0 Å². The molecule has 2 aromatic rings. The van der Waals surface area contributed by atoms with E-state index in [0.717, 1.165) is 16.8 Å². The molecule has 0 atom stereocenters. The van der Waals surface area contributed by atoms with Crippen LogP contribution in [-0.2, 0) is 9.59 Å². The minimum Gasteiger partial charge on any atom is -0.388 e. The lowest BCUT2D eigenvalue weighted by molar-refractivity contribution is -0.137. The first kappa shape index (κ1) is 18.6. The lowest BCUT2D eigenvalue weighted by atomic mass is 9.77. The second kappa shape index (κ2) is 7.43. The second-order valence-corrected chi connectivity index (χ2v) is 6.45. The number of rotatable bonds is 7. The van der Waals surface area contributed by atoms with E-state index >= 15 is 0 Å². The van der Waals surface area contributed by atoms with E-state index in [1.54, 1.807) is 12.1 Å². The average Bonchev–Trinajstić information content (AvgIpc) is 2.61. The van der Waals surface area contributed by atoms with Crippen LogP contribution in [0.5, 0.6) is 0 Å². The zero-order valence-corrected chi connectivity index (χ0v) is 15.1. The summed E-state index contributed by atoms with van der Waals surface area (Å²) in [6.45, 7) is 4.24. The molecular formula is C21H23NO3. The maximum absolute atomic E-state index is 12.5. The molecule has 0 heterocycles. The Bertz CT molecular complexity index is 775. The summed E-state index contributed by atoms with van der Waals surface area (Å²) in [5.74, 6) is -0.769. The maximum atomic E-state index is 12.5. The van der Waals surface area contributed by atoms with Crippen LogP contribution in [0, 0.1) is 5.41 Å². The minimum atomic E-state index is -1.25. The van der Waals surface area contributed by atoms with Gasteiger partial charge < -0.3 is 5.32 Å². The van der Waals surface area contributed by atoms with Crippen molar-refractivity contribution in [2.24, 2.45) is 5.41 Å². The second-order valence-electron chi connectivity index (χ2n) is 6.45. The van der Waals surface area contributed by atoms with E-state index in [1.165, 1.54) is 20.8 Å². The van der Waals surface area contributed by atoms with Gasteiger partial charge >= 0.3 is 0 Å². The molecule has 0 saturated carbocycles. The quantitative estimate of drug-likeness (QED) is 0.609. The number of ketones is 3. The number of carbonyl (C=O) groups excluding carboxylic acids is 3. The number of carbonyl (C=O) groups is 3. The van der Waals surface area contributed by atoms with Gasteiger partial charge in [0.1, 0.15) is 11.6 Å². The molecule has 0 aromatic heterocycles. The van der Waals surface area contributed by atoms with Crippen molar-refractivity contribution in [3.8, 4) is 11.1 Å². The van der Waals surface area contributed by atoms with Gasteiger partial charge in [-0.05, 0) is 44.0 Å². The molecule has 25 heavy (non-hydrogen) atoms. The van der Waals surface area contributed by atoms with Crippen molar-refractivity contribution < 1.29 is 14.4 Å². The molecule has 0 radical (unpaired) electrons. The van der Waals surface area contributed by atoms with Crippen LogP contribution in [0.25, 0.3) is 11.1 Å². The van der Waals surface area contributed by atoms with E-state index in [4.69, 9.17) is 0 Å². The summed E-state index contributed by atoms with van der Waals surface area (Å²) in [5.41, 5.74) is 2.33. The monoisotopic (exact) mass is 337 g/mol. The summed E-state index contributed by atoms with van der Waals surface area (Å²) in [6.07, 6.45) is -0.103. The lowest BCUT2D eigenvalue weighted by Crippen LogP contribution is -2.35. The zero-order chi connectivity index (χ0) is 18.6. The maximum Gasteiger partial charge on any atom is 0.164 e. The van der Waals surface area contributed by atoms with E-state index in [2.05, 4.69) is 5.32 Å². The normalized spacial score (nSPS) is 11.0. The molecule has 0 aliphatic heterocycles. The Morgan fingerprint density at radius 1 is 0.840 bits per heavy atom. The Balaban J connectivity index is 2.19. The van der Waals surface area contributed by atoms with Gasteiger partial charge in [0.15, 0.2) is 5.78 Å². The van der Waals surface area contributed by atoms with Crippen LogP contribution in [0.2, 0.25) is 0 Å². The van der Waals surface area contributed by atoms with E-state index < -0.39 is 5.41 Å². The SMILES string of the molecule is CNc1ccc(-c2ccc(C(=O)CC(C)(C(C)=O)C(C)=O)cc2)cc1. The molecular weight excluding hydrogens is 314 g/mol. The molecule has 0 unspecified atom stereocenters. The third-order valence-electron chi connectivity index (χ3n) is 4.78. The van der Waals surface area contributed by atoms with Crippen molar-refractivity contribution in [2.45, 2.75) is 27.2 Å². The van der Waals surface area contributed by atoms with E-state index in [1.807, 2.05) is 43.4 Å². The first-order valence-electron chi connectivity index (χ1n) is 8.21. The van der Waals surface area contributed by atoms with E-state index in [0.29, 0.717) is 5.56 Å². The summed E-state index contributed by atoms with van der Waals surface area (Å²) in [7, 11) is 1.87. The van der Waals surface area contributed by atoms with Gasteiger partial charge in [0, 0.05) is 24.7 Å². The molecule has 130 valence electrons. The topological polar surface area (TPSA) is 63.2 Å². The molecule has 0 fully saturated rings. The molecule has 0 bridgehead atoms. The van der Waals surface area contributed by atoms with Gasteiger partial charge in [-0.1, -0.05) is 36.4 Å². The Morgan fingerprint density at radius 3 is 1.68 bits per heavy atom. The summed E-state index contributed by atoms with van der Waals surface area (Å²) < 4.78 is 0. The first-order valence-corrected chi connectivity index (χ1v) is 8.21. The predicted octanol–water partition coefficient (Wildman–Crippen LogP) is 4.15. The number of hydrogen-bond donors (Lipinski definition) is 1. The largest absolute Gasteiger partial charge is 0.388 e. The molecule has 0 amide bonds. The fourth-order valence-electron chi connectivity index (χ4n) is 2.60. The highest BCUT2D eigenvalue weighted by Gasteiger charge is 2.37. The fraction of sp³-hybridized carbons (Fsp3) is 0.286. The summed E-state index contributed by atoms with van der Waals surface area (Å²) in [5, 5.41) is 3.07. The standard InChI is InChI=1S/C21H23NO3/c1-14(23)21(3,15(2)24)13-20(25)18-7-5-16(6-8-18)17-9-11-19(22-4)12-10-17/h5-12,22H,13H2,1-4H3. The van der Waals surface area contributed by atoms with Crippen molar-refractivity contribution in [3.05, 3.63) is 54.1 Å². The third kappa shape index (κ3) is 4.02. The first-order chi connectivity index (χ1) is 11.8. The van der Waals surface area contributed by atoms with Crippen LogP contribution in [0.1, 0.15) is 37.6 Å². The van der Waals surface area contributed by atoms with Gasteiger partial charge in [-0.25, -0.2) is 0 Å². The Hall–Kier alpha value is -2.75. The number of benzene rings is 2. The number of nitrogens with one attached hydrogen (secondary N) is 1. The van der Waals surface area contributed by atoms with Gasteiger partial charge in [-0.3, -0.25) is 14.4 Å². The summed E-state index contributed by atoms with van der Waals surface area (Å²) in [4.78, 5) is 36.1. The summed E-state index contributed by atoms with van der Waals surface area (Å²) >= 11 is 0. The van der Waals surface area contributed by atoms with Gasteiger partial charge in [0.2, 0.25) is 0 Å². The van der Waals surface area contributed by atoms with Gasteiger partial charge in [0.05, 0.1) is 5.41 Å². The van der Waals surface area contributed by atoms with E-state index in [9.17, 15) is 14.4 Å². The lowest BCUT2D eigenvalue weighted by Gasteiger charge is -2.22. The van der Waals surface area contributed by atoms with Crippen molar-refractivity contribution in [1.82, 2.24) is 0 Å². The Morgan fingerprint density at radius 2 is 1.28 bits per heavy atom. The molecule has 2 rings (SSSR count). The van der Waals surface area contributed by atoms with Gasteiger partial charge in [0.25, 0.3) is 0 Å². The molecule has 0 aliphatic carbocycles. The highest BCUT2D eigenvalue weighted by Crippen LogP contribution is 2.27. The Labute approximate surface area is 148 Å². The molecule has 0 spiro atoms. The summed E-state index contributed by atoms with van der Waals surface area (Å²) in [6, 6.07) is 15.2. The van der Waals surface area contributed by atoms with Gasteiger partial charge in [-0.2, -0.15) is 0 Å². The van der Waals surface area contributed by atoms with Crippen LogP contribution >= 0.6 is 0 Å². The number of anilines is 1. The predicted molar refractivity (Wildman–Crippen MR) is 99.8 cm³/mol. The van der Waals surface area contributed by atoms with Crippen LogP contribution < -0.4 is 5.32 Å². The number of hydrogen-bond acceptors (Lipinski definition) is 4. The molecule has 4 heteroatoms. The number of Topliss-reactive ketones (excluding diaryl/α,β-unsaturated/α-hetero) is 3. The van der Waals surface area contributed by atoms with E-state index in [-0.39, 0.29) is 23.8 Å². The van der Waals surface area contributed by atoms with Crippen molar-refractivity contribution in [2.75, 3.05) is 12.4 Å². The highest BCUT2D eigenvalue weighted by atomic mass is 16.2. The molecule has 0 saturated heterocycles. The van der Waals surface area contributed by atoms with Gasteiger partial charge in [-0.15, -0.1) is 0 Å². The third-order valence-corrected chi connectivity index (χ3v) is 4.78. The van der Waals surface area contributed by atoms with Crippen molar-refractivity contribution >= 4 is 23.0 Å². The van der Waals surface area contributed by atoms with Crippen LogP contribution in [0.15, 0.2) is 48.5 Å². The molecule has 1 N–H and O–H groups in total. The minimum absolute atomic E-state index is 0.103. The smallest absolute Gasteiger partial charge is 0.164 e. The van der Waals surface area contributed by atoms with Crippen LogP contribution in [-0.4, -0.2) is 24.4 Å². The fourth-order valence-corrected chi connectivity index (χ4v) is 2.60. The van der Waals surface area contributed by atoms with Crippen molar-refractivity contribution in [3.63, 3.8) is 0 Å². The molecule has 2 aromatic carbocycles. The average molecular weight is 337 g/mol. The molecule has 0 aliphatic rings. The Kier molecular flexibility index (Phi) is 5.52. The zero-order valence-electron chi connectivity index (χ0n) is 15.1.